The highest BCUT2D eigenvalue weighted by Gasteiger charge is 2.32. The van der Waals surface area contributed by atoms with E-state index in [0.717, 1.165) is 34.3 Å². The average molecular weight is 538 g/mol. The lowest BCUT2D eigenvalue weighted by Crippen LogP contribution is -2.32. The molecule has 3 aromatic carbocycles. The van der Waals surface area contributed by atoms with E-state index in [0.29, 0.717) is 17.8 Å². The number of aromatic nitrogens is 2. The molecule has 1 aromatic heterocycles. The van der Waals surface area contributed by atoms with Crippen LogP contribution in [-0.2, 0) is 40.2 Å². The summed E-state index contributed by atoms with van der Waals surface area (Å²) in [6.07, 6.45) is -3.35. The van der Waals surface area contributed by atoms with E-state index in [4.69, 9.17) is 9.47 Å². The highest BCUT2D eigenvalue weighted by atomic mass is 19.4. The summed E-state index contributed by atoms with van der Waals surface area (Å²) in [5, 5.41) is 12.0. The second kappa shape index (κ2) is 11.3. The number of imidazole rings is 1. The molecule has 0 saturated heterocycles. The first kappa shape index (κ1) is 26.5. The van der Waals surface area contributed by atoms with Crippen LogP contribution in [0.5, 0.6) is 0 Å². The number of ether oxygens (including phenoxy) is 2. The third-order valence-electron chi connectivity index (χ3n) is 6.44. The van der Waals surface area contributed by atoms with Crippen molar-refractivity contribution >= 4 is 16.9 Å². The minimum absolute atomic E-state index is 0.0166. The van der Waals surface area contributed by atoms with Crippen molar-refractivity contribution < 1.29 is 32.5 Å². The Kier molecular flexibility index (Phi) is 7.67. The molecule has 2 atom stereocenters. The minimum atomic E-state index is -4.44. The summed E-state index contributed by atoms with van der Waals surface area (Å²) in [5.74, 6) is -0.315. The molecule has 1 aliphatic rings. The summed E-state index contributed by atoms with van der Waals surface area (Å²) in [4.78, 5) is 20.7. The predicted octanol–water partition coefficient (Wildman–Crippen LogP) is 5.32. The van der Waals surface area contributed by atoms with Crippen molar-refractivity contribution in [3.63, 3.8) is 0 Å². The molecular formula is C29H26F3N3O4. The normalized spacial score (nSPS) is 17.5. The topological polar surface area (TPSA) is 96.5 Å². The van der Waals surface area contributed by atoms with Crippen molar-refractivity contribution in [1.82, 2.24) is 15.3 Å². The largest absolute Gasteiger partial charge is 0.459 e. The Bertz CT molecular complexity index is 1430. The van der Waals surface area contributed by atoms with Gasteiger partial charge in [-0.2, -0.15) is 13.2 Å². The number of aliphatic hydroxyl groups is 1. The fraction of sp³-hybridized carbons (Fsp3) is 0.241. The SMILES string of the molecule is O=C(NCc1nc2ccccc2[nH]1)C1=C[C@H](c2ccc(C(F)(F)F)cc2)C[C@H](OCc2ccc(CO)cc2)O1. The number of halogens is 3. The number of carbonyl (C=O) groups excluding carboxylic acids is 1. The lowest BCUT2D eigenvalue weighted by molar-refractivity contribution is -0.150. The number of rotatable bonds is 8. The van der Waals surface area contributed by atoms with Gasteiger partial charge in [0.15, 0.2) is 5.76 Å². The Hall–Kier alpha value is -4.15. The first-order valence-electron chi connectivity index (χ1n) is 12.4. The number of hydrogen-bond donors (Lipinski definition) is 3. The van der Waals surface area contributed by atoms with Gasteiger partial charge in [-0.1, -0.05) is 48.5 Å². The highest BCUT2D eigenvalue weighted by molar-refractivity contribution is 5.91. The van der Waals surface area contributed by atoms with Gasteiger partial charge in [0.2, 0.25) is 6.29 Å². The Morgan fingerprint density at radius 1 is 1.05 bits per heavy atom. The minimum Gasteiger partial charge on any atom is -0.459 e. The van der Waals surface area contributed by atoms with Crippen molar-refractivity contribution in [2.24, 2.45) is 0 Å². The Balaban J connectivity index is 1.31. The number of fused-ring (bicyclic) bond motifs is 1. The predicted molar refractivity (Wildman–Crippen MR) is 137 cm³/mol. The van der Waals surface area contributed by atoms with E-state index in [9.17, 15) is 23.1 Å². The van der Waals surface area contributed by atoms with Gasteiger partial charge in [0.1, 0.15) is 5.82 Å². The number of aromatic amines is 1. The van der Waals surface area contributed by atoms with E-state index in [1.165, 1.54) is 12.1 Å². The maximum absolute atomic E-state index is 13.1. The van der Waals surface area contributed by atoms with Crippen molar-refractivity contribution in [3.05, 3.63) is 113 Å². The van der Waals surface area contributed by atoms with Crippen LogP contribution in [0.1, 0.15) is 40.4 Å². The van der Waals surface area contributed by atoms with Gasteiger partial charge in [-0.3, -0.25) is 4.79 Å². The number of para-hydroxylation sites is 2. The fourth-order valence-corrected chi connectivity index (χ4v) is 4.34. The van der Waals surface area contributed by atoms with E-state index < -0.39 is 29.9 Å². The molecule has 7 nitrogen and oxygen atoms in total. The molecule has 39 heavy (non-hydrogen) atoms. The molecule has 0 aliphatic carbocycles. The number of amides is 1. The van der Waals surface area contributed by atoms with Crippen LogP contribution in [0.2, 0.25) is 0 Å². The molecule has 0 bridgehead atoms. The lowest BCUT2D eigenvalue weighted by atomic mass is 9.92. The third-order valence-corrected chi connectivity index (χ3v) is 6.44. The first-order chi connectivity index (χ1) is 18.8. The Morgan fingerprint density at radius 2 is 1.77 bits per heavy atom. The first-order valence-corrected chi connectivity index (χ1v) is 12.4. The van der Waals surface area contributed by atoms with Gasteiger partial charge in [0.05, 0.1) is 36.4 Å². The standard InChI is InChI=1S/C29H26F3N3O4/c30-29(31,32)22-11-9-20(10-12-22)21-13-25(28(37)33-15-26-34-23-3-1-2-4-24(23)35-26)39-27(14-21)38-17-19-7-5-18(16-36)6-8-19/h1-13,21,27,36H,14-17H2,(H,33,37)(H,34,35)/t21-,27+/m0/s1. The number of carbonyl (C=O) groups is 1. The number of alkyl halides is 3. The van der Waals surface area contributed by atoms with Crippen LogP contribution in [0.25, 0.3) is 11.0 Å². The Labute approximate surface area is 222 Å². The molecule has 3 N–H and O–H groups in total. The molecular weight excluding hydrogens is 511 g/mol. The molecule has 0 fully saturated rings. The molecule has 5 rings (SSSR count). The van der Waals surface area contributed by atoms with Crippen LogP contribution < -0.4 is 5.32 Å². The highest BCUT2D eigenvalue weighted by Crippen LogP contribution is 2.34. The van der Waals surface area contributed by atoms with Gasteiger partial charge >= 0.3 is 6.18 Å². The van der Waals surface area contributed by atoms with Crippen LogP contribution in [0.15, 0.2) is 84.6 Å². The number of H-pyrrole nitrogens is 1. The number of allylic oxidation sites excluding steroid dienone is 1. The molecule has 1 amide bonds. The summed E-state index contributed by atoms with van der Waals surface area (Å²) in [6.45, 7) is 0.241. The van der Waals surface area contributed by atoms with Crippen LogP contribution in [-0.4, -0.2) is 27.3 Å². The van der Waals surface area contributed by atoms with Crippen molar-refractivity contribution in [2.45, 2.75) is 44.6 Å². The average Bonchev–Trinajstić information content (AvgIpc) is 3.37. The van der Waals surface area contributed by atoms with Crippen molar-refractivity contribution in [2.75, 3.05) is 0 Å². The second-order valence-corrected chi connectivity index (χ2v) is 9.21. The second-order valence-electron chi connectivity index (χ2n) is 9.21. The molecule has 0 unspecified atom stereocenters. The molecule has 0 spiro atoms. The zero-order chi connectivity index (χ0) is 27.4. The Morgan fingerprint density at radius 3 is 2.46 bits per heavy atom. The molecule has 1 aliphatic heterocycles. The van der Waals surface area contributed by atoms with E-state index in [2.05, 4.69) is 15.3 Å². The van der Waals surface area contributed by atoms with Crippen LogP contribution >= 0.6 is 0 Å². The molecule has 10 heteroatoms. The maximum atomic E-state index is 13.1. The van der Waals surface area contributed by atoms with Gasteiger partial charge in [-0.15, -0.1) is 0 Å². The van der Waals surface area contributed by atoms with Gasteiger partial charge in [-0.25, -0.2) is 4.98 Å². The summed E-state index contributed by atoms with van der Waals surface area (Å²) in [6, 6.07) is 19.6. The summed E-state index contributed by atoms with van der Waals surface area (Å²) in [5.41, 5.74) is 3.09. The number of nitrogens with one attached hydrogen (secondary N) is 2. The van der Waals surface area contributed by atoms with Crippen LogP contribution in [0.3, 0.4) is 0 Å². The van der Waals surface area contributed by atoms with Gasteiger partial charge in [-0.05, 0) is 47.0 Å². The van der Waals surface area contributed by atoms with E-state index >= 15 is 0 Å². The fourth-order valence-electron chi connectivity index (χ4n) is 4.34. The number of nitrogens with zero attached hydrogens (tertiary/aromatic N) is 1. The van der Waals surface area contributed by atoms with Gasteiger partial charge in [0.25, 0.3) is 5.91 Å². The number of aliphatic hydroxyl groups excluding tert-OH is 1. The molecule has 4 aromatic rings. The van der Waals surface area contributed by atoms with Crippen LogP contribution in [0.4, 0.5) is 13.2 Å². The summed E-state index contributed by atoms with van der Waals surface area (Å²) >= 11 is 0. The van der Waals surface area contributed by atoms with Crippen molar-refractivity contribution in [3.8, 4) is 0 Å². The van der Waals surface area contributed by atoms with Crippen molar-refractivity contribution in [1.29, 1.82) is 0 Å². The van der Waals surface area contributed by atoms with E-state index in [1.54, 1.807) is 18.2 Å². The summed E-state index contributed by atoms with van der Waals surface area (Å²) in [7, 11) is 0. The van der Waals surface area contributed by atoms with Crippen LogP contribution in [0, 0.1) is 0 Å². The zero-order valence-corrected chi connectivity index (χ0v) is 20.7. The maximum Gasteiger partial charge on any atom is 0.416 e. The van der Waals surface area contributed by atoms with E-state index in [1.807, 2.05) is 36.4 Å². The molecule has 2 heterocycles. The zero-order valence-electron chi connectivity index (χ0n) is 20.7. The quantitative estimate of drug-likeness (QED) is 0.283. The molecule has 202 valence electrons. The monoisotopic (exact) mass is 537 g/mol. The van der Waals surface area contributed by atoms with Gasteiger partial charge in [0, 0.05) is 12.3 Å². The molecule has 0 radical (unpaired) electrons. The third kappa shape index (κ3) is 6.47. The van der Waals surface area contributed by atoms with Gasteiger partial charge < -0.3 is 24.9 Å². The number of benzene rings is 3. The summed E-state index contributed by atoms with van der Waals surface area (Å²) < 4.78 is 51.0. The van der Waals surface area contributed by atoms with E-state index in [-0.39, 0.29) is 25.5 Å². The number of hydrogen-bond acceptors (Lipinski definition) is 5. The smallest absolute Gasteiger partial charge is 0.416 e. The molecule has 0 saturated carbocycles. The lowest BCUT2D eigenvalue weighted by Gasteiger charge is -2.29.